The van der Waals surface area contributed by atoms with Crippen molar-refractivity contribution in [3.8, 4) is 0 Å². The normalized spacial score (nSPS) is 10.1. The molecule has 0 bridgehead atoms. The second-order valence-corrected chi connectivity index (χ2v) is 6.68. The summed E-state index contributed by atoms with van der Waals surface area (Å²) in [6.45, 7) is 0.634. The number of guanidine groups is 1. The van der Waals surface area contributed by atoms with E-state index in [1.807, 2.05) is 0 Å². The van der Waals surface area contributed by atoms with Crippen molar-refractivity contribution in [1.82, 2.24) is 15.0 Å². The summed E-state index contributed by atoms with van der Waals surface area (Å²) in [5.74, 6) is 0.00167. The number of thiazole rings is 1. The summed E-state index contributed by atoms with van der Waals surface area (Å²) < 4.78 is 3.53. The molecule has 1 rings (SSSR count). The van der Waals surface area contributed by atoms with E-state index < -0.39 is 0 Å². The van der Waals surface area contributed by atoms with Gasteiger partial charge in [0.25, 0.3) is 0 Å². The SMILES string of the molecule is CSNC(=O)NCCCCc1nc(N=C(N)N)sc1Br. The molecule has 1 aromatic heterocycles. The Balaban J connectivity index is 2.30. The van der Waals surface area contributed by atoms with Gasteiger partial charge in [0.2, 0.25) is 5.13 Å². The molecule has 20 heavy (non-hydrogen) atoms. The Labute approximate surface area is 134 Å². The number of halogens is 1. The summed E-state index contributed by atoms with van der Waals surface area (Å²) in [6, 6.07) is -0.164. The van der Waals surface area contributed by atoms with Crippen LogP contribution in [0.15, 0.2) is 8.78 Å². The molecular weight excluding hydrogens is 364 g/mol. The van der Waals surface area contributed by atoms with Crippen molar-refractivity contribution in [1.29, 1.82) is 0 Å². The fourth-order valence-electron chi connectivity index (χ4n) is 1.38. The third kappa shape index (κ3) is 6.44. The molecule has 0 saturated heterocycles. The van der Waals surface area contributed by atoms with E-state index >= 15 is 0 Å². The number of unbranched alkanes of at least 4 members (excludes halogenated alkanes) is 1. The zero-order valence-electron chi connectivity index (χ0n) is 11.0. The molecule has 0 aromatic carbocycles. The van der Waals surface area contributed by atoms with Gasteiger partial charge >= 0.3 is 6.03 Å². The van der Waals surface area contributed by atoms with Crippen molar-refractivity contribution >= 4 is 56.3 Å². The van der Waals surface area contributed by atoms with Gasteiger partial charge in [-0.3, -0.25) is 4.72 Å². The van der Waals surface area contributed by atoms with Crippen LogP contribution in [0.2, 0.25) is 0 Å². The first-order valence-electron chi connectivity index (χ1n) is 5.84. The van der Waals surface area contributed by atoms with Crippen LogP contribution in [-0.2, 0) is 6.42 Å². The monoisotopic (exact) mass is 380 g/mol. The van der Waals surface area contributed by atoms with Crippen LogP contribution in [0.4, 0.5) is 9.93 Å². The summed E-state index contributed by atoms with van der Waals surface area (Å²) in [5, 5.41) is 3.31. The second kappa shape index (κ2) is 9.03. The van der Waals surface area contributed by atoms with Crippen LogP contribution in [0.5, 0.6) is 0 Å². The molecule has 10 heteroatoms. The Kier molecular flexibility index (Phi) is 7.70. The summed E-state index contributed by atoms with van der Waals surface area (Å²) in [5.41, 5.74) is 11.5. The lowest BCUT2D eigenvalue weighted by molar-refractivity contribution is 0.246. The Morgan fingerprint density at radius 3 is 2.90 bits per heavy atom. The Morgan fingerprint density at radius 1 is 1.50 bits per heavy atom. The van der Waals surface area contributed by atoms with E-state index in [4.69, 9.17) is 11.5 Å². The smallest absolute Gasteiger partial charge is 0.324 e. The molecule has 0 aliphatic heterocycles. The van der Waals surface area contributed by atoms with E-state index in [2.05, 4.69) is 35.9 Å². The van der Waals surface area contributed by atoms with Gasteiger partial charge in [-0.05, 0) is 35.2 Å². The van der Waals surface area contributed by atoms with Crippen molar-refractivity contribution < 1.29 is 4.79 Å². The van der Waals surface area contributed by atoms with Gasteiger partial charge in [-0.1, -0.05) is 23.3 Å². The first-order valence-corrected chi connectivity index (χ1v) is 8.68. The molecule has 0 aliphatic rings. The number of carbonyl (C=O) groups excluding carboxylic acids is 1. The molecule has 0 unspecified atom stereocenters. The van der Waals surface area contributed by atoms with Crippen LogP contribution in [-0.4, -0.2) is 29.8 Å². The summed E-state index contributed by atoms with van der Waals surface area (Å²) in [6.07, 6.45) is 4.41. The van der Waals surface area contributed by atoms with Crippen LogP contribution < -0.4 is 21.5 Å². The number of aryl methyl sites for hydroxylation is 1. The minimum absolute atomic E-state index is 0.00167. The number of nitrogens with zero attached hydrogens (tertiary/aromatic N) is 2. The number of rotatable bonds is 7. The van der Waals surface area contributed by atoms with Gasteiger partial charge in [0.15, 0.2) is 5.96 Å². The van der Waals surface area contributed by atoms with Gasteiger partial charge in [0.1, 0.15) is 0 Å². The maximum Gasteiger partial charge on any atom is 0.324 e. The predicted molar refractivity (Wildman–Crippen MR) is 88.3 cm³/mol. The van der Waals surface area contributed by atoms with Gasteiger partial charge < -0.3 is 16.8 Å². The first kappa shape index (κ1) is 17.1. The number of aromatic nitrogens is 1. The second-order valence-electron chi connectivity index (χ2n) is 3.77. The van der Waals surface area contributed by atoms with E-state index in [9.17, 15) is 4.79 Å². The molecule has 1 heterocycles. The van der Waals surface area contributed by atoms with Gasteiger partial charge in [-0.2, -0.15) is 4.99 Å². The predicted octanol–water partition coefficient (Wildman–Crippen LogP) is 1.71. The summed E-state index contributed by atoms with van der Waals surface area (Å²) >= 11 is 6.11. The third-order valence-corrected chi connectivity index (χ3v) is 4.30. The summed E-state index contributed by atoms with van der Waals surface area (Å²) in [4.78, 5) is 19.4. The fourth-order valence-corrected chi connectivity index (χ4v) is 3.09. The fraction of sp³-hybridized carbons (Fsp3) is 0.500. The molecule has 0 saturated carbocycles. The number of urea groups is 1. The van der Waals surface area contributed by atoms with Crippen molar-refractivity contribution in [2.24, 2.45) is 16.5 Å². The standard InChI is InChI=1S/C10H17BrN6OS2/c1-19-17-9(18)14-5-3-2-4-6-7(11)20-10(15-6)16-8(12)13/h2-5H2,1H3,(H2,14,17,18)(H4,12,13,15,16). The molecule has 6 N–H and O–H groups in total. The average Bonchev–Trinajstić information content (AvgIpc) is 2.68. The van der Waals surface area contributed by atoms with Gasteiger partial charge in [0, 0.05) is 12.8 Å². The van der Waals surface area contributed by atoms with Gasteiger partial charge in [-0.15, -0.1) is 0 Å². The highest BCUT2D eigenvalue weighted by molar-refractivity contribution is 9.11. The van der Waals surface area contributed by atoms with E-state index in [1.54, 1.807) is 6.26 Å². The molecule has 2 amide bonds. The molecule has 7 nitrogen and oxygen atoms in total. The Morgan fingerprint density at radius 2 is 2.25 bits per heavy atom. The Hall–Kier alpha value is -1.00. The lowest BCUT2D eigenvalue weighted by atomic mass is 10.2. The maximum atomic E-state index is 11.1. The summed E-state index contributed by atoms with van der Waals surface area (Å²) in [7, 11) is 0. The highest BCUT2D eigenvalue weighted by atomic mass is 79.9. The lowest BCUT2D eigenvalue weighted by Gasteiger charge is -2.04. The minimum Gasteiger partial charge on any atom is -0.370 e. The zero-order valence-corrected chi connectivity index (χ0v) is 14.2. The largest absolute Gasteiger partial charge is 0.370 e. The van der Waals surface area contributed by atoms with Crippen molar-refractivity contribution in [2.45, 2.75) is 19.3 Å². The number of hydrogen-bond acceptors (Lipinski definition) is 5. The topological polar surface area (TPSA) is 118 Å². The highest BCUT2D eigenvalue weighted by Crippen LogP contribution is 2.31. The molecule has 0 aliphatic carbocycles. The van der Waals surface area contributed by atoms with Gasteiger partial charge in [-0.25, -0.2) is 9.78 Å². The van der Waals surface area contributed by atoms with Crippen LogP contribution in [0.1, 0.15) is 18.5 Å². The number of amides is 2. The lowest BCUT2D eigenvalue weighted by Crippen LogP contribution is -2.31. The van der Waals surface area contributed by atoms with Gasteiger partial charge in [0.05, 0.1) is 9.48 Å². The highest BCUT2D eigenvalue weighted by Gasteiger charge is 2.08. The quantitative estimate of drug-likeness (QED) is 0.248. The first-order chi connectivity index (χ1) is 9.52. The van der Waals surface area contributed by atoms with Crippen molar-refractivity contribution in [2.75, 3.05) is 12.8 Å². The molecule has 1 aromatic rings. The van der Waals surface area contributed by atoms with Crippen molar-refractivity contribution in [3.05, 3.63) is 9.48 Å². The molecule has 0 atom stereocenters. The van der Waals surface area contributed by atoms with E-state index in [-0.39, 0.29) is 12.0 Å². The van der Waals surface area contributed by atoms with Crippen LogP contribution >= 0.6 is 39.2 Å². The van der Waals surface area contributed by atoms with E-state index in [0.29, 0.717) is 11.7 Å². The van der Waals surface area contributed by atoms with E-state index in [0.717, 1.165) is 28.7 Å². The molecule has 0 radical (unpaired) electrons. The molecular formula is C10H17BrN6OS2. The minimum atomic E-state index is -0.164. The maximum absolute atomic E-state index is 11.1. The van der Waals surface area contributed by atoms with Crippen LogP contribution in [0, 0.1) is 0 Å². The zero-order chi connectivity index (χ0) is 15.0. The van der Waals surface area contributed by atoms with Crippen molar-refractivity contribution in [3.63, 3.8) is 0 Å². The number of hydrogen-bond donors (Lipinski definition) is 4. The number of carbonyl (C=O) groups is 1. The third-order valence-electron chi connectivity index (χ3n) is 2.18. The number of aliphatic imine (C=N–C) groups is 1. The number of nitrogens with one attached hydrogen (secondary N) is 2. The molecule has 0 fully saturated rings. The van der Waals surface area contributed by atoms with Crippen LogP contribution in [0.3, 0.4) is 0 Å². The van der Waals surface area contributed by atoms with E-state index in [1.165, 1.54) is 23.3 Å². The Bertz CT molecular complexity index is 474. The number of nitrogens with two attached hydrogens (primary N) is 2. The average molecular weight is 381 g/mol. The molecule has 0 spiro atoms. The molecule has 112 valence electrons. The van der Waals surface area contributed by atoms with Crippen LogP contribution in [0.25, 0.3) is 0 Å².